The van der Waals surface area contributed by atoms with Crippen LogP contribution in [-0.2, 0) is 24.5 Å². The topological polar surface area (TPSA) is 55.7 Å². The van der Waals surface area contributed by atoms with Crippen molar-refractivity contribution in [2.75, 3.05) is 20.2 Å². The number of aromatic nitrogens is 1. The van der Waals surface area contributed by atoms with Gasteiger partial charge in [0.05, 0.1) is 13.7 Å². The minimum Gasteiger partial charge on any atom is -0.493 e. The van der Waals surface area contributed by atoms with Crippen LogP contribution >= 0.6 is 0 Å². The van der Waals surface area contributed by atoms with E-state index in [1.54, 1.807) is 7.11 Å². The third-order valence-corrected chi connectivity index (χ3v) is 5.77. The van der Waals surface area contributed by atoms with E-state index in [-0.39, 0.29) is 11.9 Å². The number of rotatable bonds is 8. The van der Waals surface area contributed by atoms with Gasteiger partial charge in [-0.1, -0.05) is 36.4 Å². The van der Waals surface area contributed by atoms with E-state index in [1.165, 1.54) is 5.69 Å². The zero-order valence-corrected chi connectivity index (χ0v) is 18.1. The zero-order valence-electron chi connectivity index (χ0n) is 18.1. The number of nitrogens with one attached hydrogen (secondary N) is 1. The number of ether oxygens (including phenoxy) is 2. The average Bonchev–Trinajstić information content (AvgIpc) is 3.29. The molecular weight excluding hydrogens is 390 g/mol. The molecule has 1 aliphatic heterocycles. The first-order chi connectivity index (χ1) is 15.1. The van der Waals surface area contributed by atoms with Crippen LogP contribution < -0.4 is 14.8 Å². The fraction of sp³-hybridized carbons (Fsp3) is 0.320. The molecule has 6 nitrogen and oxygen atoms in total. The highest BCUT2D eigenvalue weighted by Gasteiger charge is 2.24. The molecule has 1 aliphatic rings. The van der Waals surface area contributed by atoms with Gasteiger partial charge in [0.2, 0.25) is 5.91 Å². The normalized spacial score (nSPS) is 15.9. The SMILES string of the molecule is COc1cc(CNC(=O)CN2CCn3cccc3[C@@H]2C)ccc1OCc1ccccc1. The van der Waals surface area contributed by atoms with Gasteiger partial charge >= 0.3 is 0 Å². The fourth-order valence-corrected chi connectivity index (χ4v) is 3.96. The summed E-state index contributed by atoms with van der Waals surface area (Å²) in [7, 11) is 1.63. The Hall–Kier alpha value is -3.25. The van der Waals surface area contributed by atoms with E-state index in [4.69, 9.17) is 9.47 Å². The summed E-state index contributed by atoms with van der Waals surface area (Å²) in [6, 6.07) is 20.2. The molecule has 0 unspecified atom stereocenters. The third-order valence-electron chi connectivity index (χ3n) is 5.77. The van der Waals surface area contributed by atoms with Gasteiger partial charge < -0.3 is 19.4 Å². The Morgan fingerprint density at radius 2 is 1.87 bits per heavy atom. The predicted octanol–water partition coefficient (Wildman–Crippen LogP) is 3.77. The first-order valence-corrected chi connectivity index (χ1v) is 10.6. The summed E-state index contributed by atoms with van der Waals surface area (Å²) >= 11 is 0. The summed E-state index contributed by atoms with van der Waals surface area (Å²) < 4.78 is 13.7. The molecule has 0 saturated carbocycles. The van der Waals surface area contributed by atoms with Crippen molar-refractivity contribution in [3.63, 3.8) is 0 Å². The molecule has 0 spiro atoms. The molecule has 1 atom stereocenters. The van der Waals surface area contributed by atoms with Gasteiger partial charge in [0.1, 0.15) is 6.61 Å². The van der Waals surface area contributed by atoms with Gasteiger partial charge in [-0.05, 0) is 42.3 Å². The molecule has 4 rings (SSSR count). The number of amides is 1. The van der Waals surface area contributed by atoms with Gasteiger partial charge in [-0.2, -0.15) is 0 Å². The van der Waals surface area contributed by atoms with Crippen molar-refractivity contribution < 1.29 is 14.3 Å². The van der Waals surface area contributed by atoms with E-state index in [0.29, 0.717) is 31.2 Å². The third kappa shape index (κ3) is 5.09. The minimum absolute atomic E-state index is 0.0234. The Labute approximate surface area is 183 Å². The largest absolute Gasteiger partial charge is 0.493 e. The maximum Gasteiger partial charge on any atom is 0.234 e. The first-order valence-electron chi connectivity index (χ1n) is 10.6. The molecule has 162 valence electrons. The first kappa shape index (κ1) is 21.0. The Morgan fingerprint density at radius 1 is 1.03 bits per heavy atom. The lowest BCUT2D eigenvalue weighted by Gasteiger charge is -2.34. The molecule has 2 aromatic carbocycles. The molecule has 6 heteroatoms. The molecule has 31 heavy (non-hydrogen) atoms. The van der Waals surface area contributed by atoms with Crippen LogP contribution in [0.1, 0.15) is 29.8 Å². The van der Waals surface area contributed by atoms with Crippen molar-refractivity contribution in [1.29, 1.82) is 0 Å². The molecule has 3 aromatic rings. The van der Waals surface area contributed by atoms with Crippen LogP contribution in [0.5, 0.6) is 11.5 Å². The van der Waals surface area contributed by atoms with Gasteiger partial charge in [0, 0.05) is 37.6 Å². The number of fused-ring (bicyclic) bond motifs is 1. The van der Waals surface area contributed by atoms with E-state index >= 15 is 0 Å². The van der Waals surface area contributed by atoms with Crippen molar-refractivity contribution in [2.24, 2.45) is 0 Å². The number of benzene rings is 2. The number of carbonyl (C=O) groups is 1. The predicted molar refractivity (Wildman–Crippen MR) is 120 cm³/mol. The lowest BCUT2D eigenvalue weighted by molar-refractivity contribution is -0.123. The number of methoxy groups -OCH3 is 1. The lowest BCUT2D eigenvalue weighted by Crippen LogP contribution is -2.42. The summed E-state index contributed by atoms with van der Waals surface area (Å²) in [4.78, 5) is 14.8. The van der Waals surface area contributed by atoms with Crippen LogP contribution in [0.4, 0.5) is 0 Å². The highest BCUT2D eigenvalue weighted by Crippen LogP contribution is 2.29. The lowest BCUT2D eigenvalue weighted by atomic mass is 10.1. The van der Waals surface area contributed by atoms with Crippen molar-refractivity contribution in [3.05, 3.63) is 83.7 Å². The van der Waals surface area contributed by atoms with Gasteiger partial charge in [0.15, 0.2) is 11.5 Å². The standard InChI is InChI=1S/C25H29N3O3/c1-19-22-9-6-12-27(22)13-14-28(19)17-25(29)26-16-21-10-11-23(24(15-21)30-2)31-18-20-7-4-3-5-8-20/h3-12,15,19H,13-14,16-18H2,1-2H3,(H,26,29)/t19-/m0/s1. The zero-order chi connectivity index (χ0) is 21.6. The van der Waals surface area contributed by atoms with Gasteiger partial charge in [-0.15, -0.1) is 0 Å². The number of carbonyl (C=O) groups excluding carboxylic acids is 1. The second-order valence-electron chi connectivity index (χ2n) is 7.81. The Morgan fingerprint density at radius 3 is 2.68 bits per heavy atom. The Balaban J connectivity index is 1.30. The maximum atomic E-state index is 12.5. The van der Waals surface area contributed by atoms with Crippen LogP contribution in [0, 0.1) is 0 Å². The molecule has 1 amide bonds. The van der Waals surface area contributed by atoms with E-state index in [2.05, 4.69) is 40.0 Å². The average molecular weight is 420 g/mol. The molecule has 1 aromatic heterocycles. The van der Waals surface area contributed by atoms with Crippen LogP contribution in [0.15, 0.2) is 66.9 Å². The quantitative estimate of drug-likeness (QED) is 0.604. The van der Waals surface area contributed by atoms with Crippen molar-refractivity contribution in [2.45, 2.75) is 32.7 Å². The second-order valence-corrected chi connectivity index (χ2v) is 7.81. The molecule has 0 radical (unpaired) electrons. The molecule has 0 aliphatic carbocycles. The summed E-state index contributed by atoms with van der Waals surface area (Å²) in [6.45, 7) is 5.26. The minimum atomic E-state index is 0.0234. The van der Waals surface area contributed by atoms with Gasteiger partial charge in [0.25, 0.3) is 0 Å². The molecular formula is C25H29N3O3. The molecule has 0 fully saturated rings. The summed E-state index contributed by atoms with van der Waals surface area (Å²) in [5, 5.41) is 3.03. The van der Waals surface area contributed by atoms with E-state index in [0.717, 1.165) is 24.2 Å². The van der Waals surface area contributed by atoms with E-state index in [1.807, 2.05) is 48.5 Å². The summed E-state index contributed by atoms with van der Waals surface area (Å²) in [5.74, 6) is 1.37. The van der Waals surface area contributed by atoms with Crippen molar-refractivity contribution in [1.82, 2.24) is 14.8 Å². The molecule has 0 saturated heterocycles. The van der Waals surface area contributed by atoms with E-state index in [9.17, 15) is 4.79 Å². The smallest absolute Gasteiger partial charge is 0.234 e. The van der Waals surface area contributed by atoms with Crippen LogP contribution in [0.25, 0.3) is 0 Å². The van der Waals surface area contributed by atoms with Crippen LogP contribution in [-0.4, -0.2) is 35.6 Å². The number of nitrogens with zero attached hydrogens (tertiary/aromatic N) is 2. The monoisotopic (exact) mass is 419 g/mol. The number of hydrogen-bond donors (Lipinski definition) is 1. The molecule has 0 bridgehead atoms. The molecule has 1 N–H and O–H groups in total. The van der Waals surface area contributed by atoms with Crippen molar-refractivity contribution in [3.8, 4) is 11.5 Å². The summed E-state index contributed by atoms with van der Waals surface area (Å²) in [5.41, 5.74) is 3.33. The van der Waals surface area contributed by atoms with Gasteiger partial charge in [-0.25, -0.2) is 0 Å². The Kier molecular flexibility index (Phi) is 6.57. The molecule has 2 heterocycles. The fourth-order valence-electron chi connectivity index (χ4n) is 3.96. The second kappa shape index (κ2) is 9.71. The van der Waals surface area contributed by atoms with Crippen LogP contribution in [0.3, 0.4) is 0 Å². The maximum absolute atomic E-state index is 12.5. The highest BCUT2D eigenvalue weighted by atomic mass is 16.5. The van der Waals surface area contributed by atoms with Gasteiger partial charge in [-0.3, -0.25) is 9.69 Å². The summed E-state index contributed by atoms with van der Waals surface area (Å²) in [6.07, 6.45) is 2.10. The van der Waals surface area contributed by atoms with E-state index < -0.39 is 0 Å². The Bertz CT molecular complexity index is 1020. The highest BCUT2D eigenvalue weighted by molar-refractivity contribution is 5.78. The number of hydrogen-bond acceptors (Lipinski definition) is 4. The van der Waals surface area contributed by atoms with Crippen LogP contribution in [0.2, 0.25) is 0 Å². The van der Waals surface area contributed by atoms with Crippen molar-refractivity contribution >= 4 is 5.91 Å².